The van der Waals surface area contributed by atoms with E-state index in [2.05, 4.69) is 13.8 Å². The predicted octanol–water partition coefficient (Wildman–Crippen LogP) is 6.85. The third kappa shape index (κ3) is 3.53. The topological polar surface area (TPSA) is 57.6 Å². The van der Waals surface area contributed by atoms with E-state index >= 15 is 0 Å². The van der Waals surface area contributed by atoms with Gasteiger partial charge in [0.25, 0.3) is 0 Å². The molecule has 0 radical (unpaired) electrons. The summed E-state index contributed by atoms with van der Waals surface area (Å²) < 4.78 is -1.74. The van der Waals surface area contributed by atoms with Gasteiger partial charge >= 0.3 is 5.97 Å². The second kappa shape index (κ2) is 9.47. The van der Waals surface area contributed by atoms with E-state index in [0.29, 0.717) is 13.1 Å². The van der Waals surface area contributed by atoms with E-state index in [0.717, 1.165) is 25.7 Å². The number of rotatable bonds is 8. The van der Waals surface area contributed by atoms with Gasteiger partial charge in [0.1, 0.15) is 9.75 Å². The fourth-order valence-corrected chi connectivity index (χ4v) is 9.26. The number of hydrogen-bond acceptors (Lipinski definition) is 2. The Morgan fingerprint density at radius 1 is 1.00 bits per heavy atom. The lowest BCUT2D eigenvalue weighted by Gasteiger charge is -2.49. The summed E-state index contributed by atoms with van der Waals surface area (Å²) in [6, 6.07) is 0. The van der Waals surface area contributed by atoms with Crippen LogP contribution in [0.5, 0.6) is 0 Å². The van der Waals surface area contributed by atoms with Crippen LogP contribution in [-0.2, 0) is 9.59 Å². The van der Waals surface area contributed by atoms with Crippen molar-refractivity contribution in [1.29, 1.82) is 0 Å². The third-order valence-electron chi connectivity index (χ3n) is 7.70. The summed E-state index contributed by atoms with van der Waals surface area (Å²) in [6.45, 7) is 7.06. The Bertz CT molecular complexity index is 811. The number of fused-ring (bicyclic) bond motifs is 5. The van der Waals surface area contributed by atoms with Crippen LogP contribution < -0.4 is 0 Å². The standard InChI is InChI=1S/C22H29Cl6NO3/c1-4-6-8-29(9-7-5-2)18(30)12-10-13-15(11(3)14(12)19(31)32)21(26)17(24)16(23)20(13,25)22(21,27)28/h11-15H,4-10H2,1-3H3,(H,31,32)/t11-,12-,13+,14+,15-,20+,21+/m1/s1. The molecule has 10 heteroatoms. The molecule has 1 N–H and O–H groups in total. The number of hydrogen-bond donors (Lipinski definition) is 1. The Kier molecular flexibility index (Phi) is 7.99. The van der Waals surface area contributed by atoms with Crippen molar-refractivity contribution in [2.75, 3.05) is 13.1 Å². The first-order chi connectivity index (χ1) is 14.8. The average Bonchev–Trinajstić information content (AvgIpc) is 2.93. The zero-order valence-electron chi connectivity index (χ0n) is 18.3. The molecule has 0 aromatic carbocycles. The molecule has 0 spiro atoms. The maximum Gasteiger partial charge on any atom is 0.307 e. The number of aliphatic carboxylic acids is 1. The number of amides is 1. The highest BCUT2D eigenvalue weighted by molar-refractivity contribution is 6.65. The largest absolute Gasteiger partial charge is 0.481 e. The lowest BCUT2D eigenvalue weighted by atomic mass is 9.58. The molecule has 3 aliphatic carbocycles. The van der Waals surface area contributed by atoms with Crippen LogP contribution >= 0.6 is 69.6 Å². The van der Waals surface area contributed by atoms with E-state index in [1.165, 1.54) is 0 Å². The van der Waals surface area contributed by atoms with Crippen molar-refractivity contribution < 1.29 is 14.7 Å². The molecule has 182 valence electrons. The Morgan fingerprint density at radius 2 is 1.50 bits per heavy atom. The number of halogens is 6. The minimum atomic E-state index is -1.74. The number of carbonyl (C=O) groups is 2. The van der Waals surface area contributed by atoms with E-state index in [1.807, 2.05) is 0 Å². The molecule has 32 heavy (non-hydrogen) atoms. The van der Waals surface area contributed by atoms with Gasteiger partial charge in [-0.2, -0.15) is 0 Å². The molecule has 0 heterocycles. The van der Waals surface area contributed by atoms with Gasteiger partial charge in [0, 0.05) is 13.1 Å². The molecule has 0 aliphatic heterocycles. The van der Waals surface area contributed by atoms with Crippen molar-refractivity contribution >= 4 is 81.5 Å². The van der Waals surface area contributed by atoms with E-state index < -0.39 is 49.6 Å². The fourth-order valence-electron chi connectivity index (χ4n) is 6.10. The van der Waals surface area contributed by atoms with Crippen LogP contribution in [0.3, 0.4) is 0 Å². The maximum absolute atomic E-state index is 13.7. The summed E-state index contributed by atoms with van der Waals surface area (Å²) in [5.74, 6) is -4.54. The summed E-state index contributed by atoms with van der Waals surface area (Å²) in [5.41, 5.74) is 0. The molecule has 0 aromatic heterocycles. The smallest absolute Gasteiger partial charge is 0.307 e. The quantitative estimate of drug-likeness (QED) is 0.326. The third-order valence-corrected chi connectivity index (χ3v) is 12.0. The van der Waals surface area contributed by atoms with Gasteiger partial charge in [-0.1, -0.05) is 80.0 Å². The van der Waals surface area contributed by atoms with Gasteiger partial charge in [-0.05, 0) is 37.0 Å². The van der Waals surface area contributed by atoms with Gasteiger partial charge in [-0.15, -0.1) is 23.2 Å². The van der Waals surface area contributed by atoms with E-state index in [-0.39, 0.29) is 22.4 Å². The highest BCUT2D eigenvalue weighted by Gasteiger charge is 2.84. The average molecular weight is 568 g/mol. The van der Waals surface area contributed by atoms with Gasteiger partial charge in [0.2, 0.25) is 5.91 Å². The van der Waals surface area contributed by atoms with E-state index in [9.17, 15) is 14.7 Å². The molecule has 2 saturated carbocycles. The second-order valence-electron chi connectivity index (χ2n) is 9.36. The normalized spacial score (nSPS) is 39.8. The van der Waals surface area contributed by atoms with Gasteiger partial charge in [-0.25, -0.2) is 0 Å². The van der Waals surface area contributed by atoms with Crippen molar-refractivity contribution in [2.24, 2.45) is 29.6 Å². The van der Waals surface area contributed by atoms with Gasteiger partial charge in [0.05, 0.1) is 21.9 Å². The molecule has 3 rings (SSSR count). The molecule has 1 amide bonds. The molecular formula is C22H29Cl6NO3. The van der Waals surface area contributed by atoms with E-state index in [4.69, 9.17) is 69.6 Å². The summed E-state index contributed by atoms with van der Waals surface area (Å²) >= 11 is 40.5. The molecule has 0 unspecified atom stereocenters. The molecule has 2 bridgehead atoms. The number of unbranched alkanes of at least 4 members (excludes halogenated alkanes) is 2. The SMILES string of the molecule is CCCCN(CCCC)C(=O)[C@@H]1C[C@H]2[C@@H]([C@H](C)[C@@H]1C(=O)O)[C@]1(Cl)C(Cl)=C(Cl)[C@]2(Cl)C1(Cl)Cl. The molecule has 0 aromatic rings. The van der Waals surface area contributed by atoms with Crippen molar-refractivity contribution in [3.63, 3.8) is 0 Å². The van der Waals surface area contributed by atoms with Crippen LogP contribution in [-0.4, -0.2) is 49.1 Å². The number of nitrogens with zero attached hydrogens (tertiary/aromatic N) is 1. The number of carboxylic acid groups (broad SMARTS) is 1. The van der Waals surface area contributed by atoms with Crippen molar-refractivity contribution in [3.8, 4) is 0 Å². The van der Waals surface area contributed by atoms with Crippen LogP contribution in [0.2, 0.25) is 0 Å². The molecule has 4 nitrogen and oxygen atoms in total. The Balaban J connectivity index is 2.05. The fraction of sp³-hybridized carbons (Fsp3) is 0.818. The van der Waals surface area contributed by atoms with Gasteiger partial charge < -0.3 is 10.0 Å². The molecule has 7 atom stereocenters. The monoisotopic (exact) mass is 565 g/mol. The van der Waals surface area contributed by atoms with Crippen LogP contribution in [0.1, 0.15) is 52.9 Å². The van der Waals surface area contributed by atoms with Crippen molar-refractivity contribution in [3.05, 3.63) is 10.1 Å². The van der Waals surface area contributed by atoms with Crippen LogP contribution in [0.15, 0.2) is 10.1 Å². The van der Waals surface area contributed by atoms with Crippen molar-refractivity contribution in [2.45, 2.75) is 67.0 Å². The second-order valence-corrected chi connectivity index (χ2v) is 12.6. The minimum absolute atomic E-state index is 0.0652. The van der Waals surface area contributed by atoms with Crippen LogP contribution in [0, 0.1) is 29.6 Å². The molecule has 0 saturated heterocycles. The summed E-state index contributed by atoms with van der Waals surface area (Å²) in [6.07, 6.45) is 3.75. The first-order valence-corrected chi connectivity index (χ1v) is 13.4. The Morgan fingerprint density at radius 3 is 1.97 bits per heavy atom. The number of carboxylic acids is 1. The summed E-state index contributed by atoms with van der Waals surface area (Å²) in [5, 5.41) is 10.3. The highest BCUT2D eigenvalue weighted by atomic mass is 35.5. The zero-order valence-corrected chi connectivity index (χ0v) is 22.9. The summed E-state index contributed by atoms with van der Waals surface area (Å²) in [4.78, 5) is 24.9. The Hall–Kier alpha value is 0.420. The molecular weight excluding hydrogens is 539 g/mol. The highest BCUT2D eigenvalue weighted by Crippen LogP contribution is 2.79. The molecule has 3 aliphatic rings. The number of alkyl halides is 4. The van der Waals surface area contributed by atoms with Gasteiger partial charge in [0.15, 0.2) is 4.33 Å². The lowest BCUT2D eigenvalue weighted by Crippen LogP contribution is -2.54. The minimum Gasteiger partial charge on any atom is -0.481 e. The predicted molar refractivity (Wildman–Crippen MR) is 132 cm³/mol. The Labute approximate surface area is 219 Å². The van der Waals surface area contributed by atoms with Crippen molar-refractivity contribution in [1.82, 2.24) is 4.90 Å². The van der Waals surface area contributed by atoms with Gasteiger partial charge in [-0.3, -0.25) is 9.59 Å². The van der Waals surface area contributed by atoms with Crippen LogP contribution in [0.4, 0.5) is 0 Å². The maximum atomic E-state index is 13.7. The first kappa shape index (κ1) is 27.0. The van der Waals surface area contributed by atoms with Crippen LogP contribution in [0.25, 0.3) is 0 Å². The van der Waals surface area contributed by atoms with E-state index in [1.54, 1.807) is 11.8 Å². The lowest BCUT2D eigenvalue weighted by molar-refractivity contribution is -0.158. The first-order valence-electron chi connectivity index (χ1n) is 11.2. The number of allylic oxidation sites excluding steroid dienone is 2. The zero-order chi connectivity index (χ0) is 24.2. The molecule has 2 fully saturated rings. The summed E-state index contributed by atoms with van der Waals surface area (Å²) in [7, 11) is 0. The number of carbonyl (C=O) groups excluding carboxylic acids is 1.